The zero-order chi connectivity index (χ0) is 7.40. The number of carbonyl (C=O) groups is 1. The molecule has 1 aromatic rings. The van der Waals surface area contributed by atoms with Crippen molar-refractivity contribution >= 4 is 5.91 Å². The van der Waals surface area contributed by atoms with Crippen LogP contribution in [0.2, 0.25) is 0 Å². The average molecular weight is 139 g/mol. The number of hydrogen-bond donors (Lipinski definition) is 1. The number of aryl methyl sites for hydroxylation is 1. The number of primary amides is 1. The van der Waals surface area contributed by atoms with Gasteiger partial charge >= 0.3 is 0 Å². The van der Waals surface area contributed by atoms with Gasteiger partial charge in [-0.3, -0.25) is 9.48 Å². The van der Waals surface area contributed by atoms with Crippen LogP contribution in [0.25, 0.3) is 0 Å². The smallest absolute Gasteiger partial charge is 0.219 e. The lowest BCUT2D eigenvalue weighted by Gasteiger charge is -1.95. The van der Waals surface area contributed by atoms with Gasteiger partial charge in [-0.25, -0.2) is 0 Å². The molecule has 2 N–H and O–H groups in total. The first-order chi connectivity index (χ1) is 4.79. The molecule has 1 amide bonds. The van der Waals surface area contributed by atoms with Gasteiger partial charge in [-0.1, -0.05) is 0 Å². The number of amides is 1. The zero-order valence-electron chi connectivity index (χ0n) is 5.53. The van der Waals surface area contributed by atoms with Crippen LogP contribution >= 0.6 is 0 Å². The highest BCUT2D eigenvalue weighted by molar-refractivity contribution is 5.73. The summed E-state index contributed by atoms with van der Waals surface area (Å²) in [5.41, 5.74) is 4.93. The minimum absolute atomic E-state index is 0.296. The summed E-state index contributed by atoms with van der Waals surface area (Å²) in [5, 5.41) is 3.90. The summed E-state index contributed by atoms with van der Waals surface area (Å²) in [5.74, 6) is -0.296. The molecule has 0 atom stereocenters. The lowest BCUT2D eigenvalue weighted by atomic mass is 10.4. The Morgan fingerprint density at radius 3 is 3.00 bits per heavy atom. The second-order valence-electron chi connectivity index (χ2n) is 1.99. The zero-order valence-corrected chi connectivity index (χ0v) is 5.53. The van der Waals surface area contributed by atoms with E-state index in [0.717, 1.165) is 0 Å². The third-order valence-electron chi connectivity index (χ3n) is 1.15. The summed E-state index contributed by atoms with van der Waals surface area (Å²) in [4.78, 5) is 10.3. The van der Waals surface area contributed by atoms with Crippen LogP contribution in [0.4, 0.5) is 0 Å². The monoisotopic (exact) mass is 139 g/mol. The van der Waals surface area contributed by atoms with Crippen LogP contribution in [0, 0.1) is 0 Å². The van der Waals surface area contributed by atoms with Crippen LogP contribution in [0.15, 0.2) is 18.5 Å². The number of nitrogens with zero attached hydrogens (tertiary/aromatic N) is 2. The van der Waals surface area contributed by atoms with Gasteiger partial charge in [0.25, 0.3) is 0 Å². The summed E-state index contributed by atoms with van der Waals surface area (Å²) in [6.45, 7) is 0.572. The molecule has 0 aliphatic carbocycles. The fourth-order valence-corrected chi connectivity index (χ4v) is 0.657. The Balaban J connectivity index is 2.35. The summed E-state index contributed by atoms with van der Waals surface area (Å²) in [6, 6.07) is 1.81. The van der Waals surface area contributed by atoms with E-state index in [1.54, 1.807) is 23.1 Å². The van der Waals surface area contributed by atoms with Crippen LogP contribution < -0.4 is 5.73 Å². The molecule has 0 unspecified atom stereocenters. The molecule has 1 rings (SSSR count). The van der Waals surface area contributed by atoms with Gasteiger partial charge in [0.15, 0.2) is 0 Å². The Morgan fingerprint density at radius 2 is 2.50 bits per heavy atom. The predicted molar refractivity (Wildman–Crippen MR) is 36.0 cm³/mol. The van der Waals surface area contributed by atoms with E-state index in [1.807, 2.05) is 0 Å². The topological polar surface area (TPSA) is 60.9 Å². The van der Waals surface area contributed by atoms with E-state index in [4.69, 9.17) is 5.73 Å². The van der Waals surface area contributed by atoms with Crippen LogP contribution in [0.3, 0.4) is 0 Å². The highest BCUT2D eigenvalue weighted by Crippen LogP contribution is 1.86. The minimum Gasteiger partial charge on any atom is -0.370 e. The molecule has 0 aliphatic rings. The standard InChI is InChI=1S/C6H9N3O/c7-6(10)2-5-9-4-1-3-8-9/h1,3-4H,2,5H2,(H2,7,10). The van der Waals surface area contributed by atoms with Gasteiger partial charge in [0.1, 0.15) is 0 Å². The fourth-order valence-electron chi connectivity index (χ4n) is 0.657. The fraction of sp³-hybridized carbons (Fsp3) is 0.333. The summed E-state index contributed by atoms with van der Waals surface area (Å²) < 4.78 is 1.67. The Bertz CT molecular complexity index is 205. The van der Waals surface area contributed by atoms with Gasteiger partial charge in [0, 0.05) is 25.4 Å². The van der Waals surface area contributed by atoms with E-state index in [0.29, 0.717) is 13.0 Å². The van der Waals surface area contributed by atoms with E-state index in [1.165, 1.54) is 0 Å². The largest absolute Gasteiger partial charge is 0.370 e. The first-order valence-electron chi connectivity index (χ1n) is 3.05. The van der Waals surface area contributed by atoms with E-state index >= 15 is 0 Å². The van der Waals surface area contributed by atoms with Crippen LogP contribution in [-0.2, 0) is 11.3 Å². The Kier molecular flexibility index (Phi) is 2.04. The lowest BCUT2D eigenvalue weighted by Crippen LogP contribution is -2.13. The maximum Gasteiger partial charge on any atom is 0.219 e. The van der Waals surface area contributed by atoms with Gasteiger partial charge in [-0.15, -0.1) is 0 Å². The molecule has 1 heterocycles. The van der Waals surface area contributed by atoms with Crippen LogP contribution in [0.1, 0.15) is 6.42 Å². The van der Waals surface area contributed by atoms with Gasteiger partial charge in [-0.05, 0) is 6.07 Å². The Morgan fingerprint density at radius 1 is 1.70 bits per heavy atom. The van der Waals surface area contributed by atoms with E-state index in [9.17, 15) is 4.79 Å². The van der Waals surface area contributed by atoms with Crippen LogP contribution in [-0.4, -0.2) is 15.7 Å². The molecule has 0 saturated heterocycles. The predicted octanol–water partition coefficient (Wildman–Crippen LogP) is -0.242. The summed E-state index contributed by atoms with van der Waals surface area (Å²) >= 11 is 0. The molecule has 0 radical (unpaired) electrons. The van der Waals surface area contributed by atoms with Crippen molar-refractivity contribution in [2.24, 2.45) is 5.73 Å². The number of aromatic nitrogens is 2. The second-order valence-corrected chi connectivity index (χ2v) is 1.99. The van der Waals surface area contributed by atoms with Crippen molar-refractivity contribution in [2.45, 2.75) is 13.0 Å². The van der Waals surface area contributed by atoms with Gasteiger partial charge < -0.3 is 5.73 Å². The van der Waals surface area contributed by atoms with Crippen LogP contribution in [0.5, 0.6) is 0 Å². The summed E-state index contributed by atoms with van der Waals surface area (Å²) in [7, 11) is 0. The minimum atomic E-state index is -0.296. The van der Waals surface area contributed by atoms with Crippen molar-refractivity contribution in [3.05, 3.63) is 18.5 Å². The maximum atomic E-state index is 10.3. The Hall–Kier alpha value is -1.32. The molecule has 0 aliphatic heterocycles. The number of rotatable bonds is 3. The quantitative estimate of drug-likeness (QED) is 0.628. The number of hydrogen-bond acceptors (Lipinski definition) is 2. The highest BCUT2D eigenvalue weighted by atomic mass is 16.1. The highest BCUT2D eigenvalue weighted by Gasteiger charge is 1.93. The van der Waals surface area contributed by atoms with E-state index in [-0.39, 0.29) is 5.91 Å². The molecular weight excluding hydrogens is 130 g/mol. The molecule has 1 aromatic heterocycles. The van der Waals surface area contributed by atoms with Crippen molar-refractivity contribution in [1.29, 1.82) is 0 Å². The van der Waals surface area contributed by atoms with Gasteiger partial charge in [-0.2, -0.15) is 5.10 Å². The first-order valence-corrected chi connectivity index (χ1v) is 3.05. The molecule has 4 nitrogen and oxygen atoms in total. The van der Waals surface area contributed by atoms with Crippen molar-refractivity contribution in [3.8, 4) is 0 Å². The molecule has 0 saturated carbocycles. The molecule has 0 aromatic carbocycles. The van der Waals surface area contributed by atoms with Crippen molar-refractivity contribution in [2.75, 3.05) is 0 Å². The number of nitrogens with two attached hydrogens (primary N) is 1. The molecule has 10 heavy (non-hydrogen) atoms. The third kappa shape index (κ3) is 1.89. The third-order valence-corrected chi connectivity index (χ3v) is 1.15. The van der Waals surface area contributed by atoms with E-state index in [2.05, 4.69) is 5.10 Å². The summed E-state index contributed by atoms with van der Waals surface area (Å²) in [6.07, 6.45) is 3.81. The molecule has 0 spiro atoms. The van der Waals surface area contributed by atoms with Crippen molar-refractivity contribution in [1.82, 2.24) is 9.78 Å². The average Bonchev–Trinajstić information content (AvgIpc) is 2.34. The second kappa shape index (κ2) is 3.00. The normalized spacial score (nSPS) is 9.60. The SMILES string of the molecule is NC(=O)CCn1cccn1. The van der Waals surface area contributed by atoms with Gasteiger partial charge in [0.05, 0.1) is 0 Å². The molecule has 0 bridgehead atoms. The number of carbonyl (C=O) groups excluding carboxylic acids is 1. The lowest BCUT2D eigenvalue weighted by molar-refractivity contribution is -0.118. The van der Waals surface area contributed by atoms with Crippen molar-refractivity contribution < 1.29 is 4.79 Å². The van der Waals surface area contributed by atoms with Gasteiger partial charge in [0.2, 0.25) is 5.91 Å². The Labute approximate surface area is 58.6 Å². The maximum absolute atomic E-state index is 10.3. The molecule has 0 fully saturated rings. The molecule has 4 heteroatoms. The first kappa shape index (κ1) is 6.80. The van der Waals surface area contributed by atoms with Crippen molar-refractivity contribution in [3.63, 3.8) is 0 Å². The molecule has 54 valence electrons. The van der Waals surface area contributed by atoms with E-state index < -0.39 is 0 Å². The molecular formula is C6H9N3O.